The third kappa shape index (κ3) is 4.49. The first-order valence-electron chi connectivity index (χ1n) is 7.83. The van der Waals surface area contributed by atoms with Crippen LogP contribution in [0.5, 0.6) is 0 Å². The highest BCUT2D eigenvalue weighted by Gasteiger charge is 2.30. The summed E-state index contributed by atoms with van der Waals surface area (Å²) in [5.74, 6) is -0.343. The molecular weight excluding hydrogens is 361 g/mol. The van der Waals surface area contributed by atoms with Gasteiger partial charge >= 0.3 is 6.18 Å². The van der Waals surface area contributed by atoms with E-state index < -0.39 is 11.7 Å². The Morgan fingerprint density at radius 3 is 2.73 bits per heavy atom. The molecule has 0 atom stereocenters. The van der Waals surface area contributed by atoms with Crippen LogP contribution in [0.25, 0.3) is 11.3 Å². The Bertz CT molecular complexity index is 892. The fraction of sp³-hybridized carbons (Fsp3) is 0.158. The maximum absolute atomic E-state index is 12.7. The first kappa shape index (κ1) is 18.1. The van der Waals surface area contributed by atoms with Gasteiger partial charge in [0.25, 0.3) is 0 Å². The van der Waals surface area contributed by atoms with Gasteiger partial charge in [-0.3, -0.25) is 9.78 Å². The molecule has 7 heteroatoms. The fourth-order valence-electron chi connectivity index (χ4n) is 2.54. The second-order valence-corrected chi connectivity index (χ2v) is 6.45. The highest BCUT2D eigenvalue weighted by Crippen LogP contribution is 2.29. The Balaban J connectivity index is 1.66. The van der Waals surface area contributed by atoms with Gasteiger partial charge < -0.3 is 5.32 Å². The van der Waals surface area contributed by atoms with Crippen molar-refractivity contribution in [2.24, 2.45) is 0 Å². The number of amides is 1. The molecule has 0 bridgehead atoms. The molecule has 2 heterocycles. The average Bonchev–Trinajstić information content (AvgIpc) is 3.14. The fourth-order valence-corrected chi connectivity index (χ4v) is 3.18. The number of carbonyl (C=O) groups is 1. The van der Waals surface area contributed by atoms with Crippen molar-refractivity contribution in [3.05, 3.63) is 76.1 Å². The van der Waals surface area contributed by atoms with Crippen molar-refractivity contribution in [2.45, 2.75) is 19.1 Å². The molecule has 0 fully saturated rings. The van der Waals surface area contributed by atoms with Crippen molar-refractivity contribution in [2.75, 3.05) is 0 Å². The largest absolute Gasteiger partial charge is 0.416 e. The van der Waals surface area contributed by atoms with Gasteiger partial charge in [-0.1, -0.05) is 24.3 Å². The van der Waals surface area contributed by atoms with Crippen LogP contribution in [0, 0.1) is 0 Å². The lowest BCUT2D eigenvalue weighted by molar-refractivity contribution is -0.137. The summed E-state index contributed by atoms with van der Waals surface area (Å²) in [7, 11) is 0. The molecule has 26 heavy (non-hydrogen) atoms. The second-order valence-electron chi connectivity index (χ2n) is 5.67. The number of hydrogen-bond donors (Lipinski definition) is 1. The Hall–Kier alpha value is -2.67. The van der Waals surface area contributed by atoms with Crippen LogP contribution in [-0.2, 0) is 23.9 Å². The van der Waals surface area contributed by atoms with Gasteiger partial charge in [0.1, 0.15) is 0 Å². The van der Waals surface area contributed by atoms with Gasteiger partial charge in [0.2, 0.25) is 5.91 Å². The van der Waals surface area contributed by atoms with Gasteiger partial charge in [-0.2, -0.15) is 24.5 Å². The van der Waals surface area contributed by atoms with E-state index in [-0.39, 0.29) is 18.9 Å². The van der Waals surface area contributed by atoms with E-state index in [0.717, 1.165) is 29.0 Å². The molecular formula is C19H15F3N2OS. The van der Waals surface area contributed by atoms with Gasteiger partial charge in [-0.25, -0.2) is 0 Å². The molecule has 0 aliphatic rings. The number of aromatic nitrogens is 1. The van der Waals surface area contributed by atoms with E-state index in [1.807, 2.05) is 22.9 Å². The Labute approximate surface area is 152 Å². The number of hydrogen-bond acceptors (Lipinski definition) is 3. The van der Waals surface area contributed by atoms with E-state index in [9.17, 15) is 18.0 Å². The van der Waals surface area contributed by atoms with E-state index in [2.05, 4.69) is 10.3 Å². The maximum atomic E-state index is 12.7. The van der Waals surface area contributed by atoms with Gasteiger partial charge in [-0.15, -0.1) is 0 Å². The average molecular weight is 376 g/mol. The topological polar surface area (TPSA) is 42.0 Å². The smallest absolute Gasteiger partial charge is 0.352 e. The normalized spacial score (nSPS) is 11.3. The molecule has 2 aromatic heterocycles. The minimum atomic E-state index is -4.42. The lowest BCUT2D eigenvalue weighted by Crippen LogP contribution is -2.25. The van der Waals surface area contributed by atoms with Crippen LogP contribution in [0.15, 0.2) is 59.4 Å². The summed E-state index contributed by atoms with van der Waals surface area (Å²) in [4.78, 5) is 16.5. The molecule has 0 saturated heterocycles. The zero-order chi connectivity index (χ0) is 18.6. The van der Waals surface area contributed by atoms with E-state index in [0.29, 0.717) is 5.56 Å². The van der Waals surface area contributed by atoms with E-state index in [1.165, 1.54) is 12.1 Å². The Morgan fingerprint density at radius 2 is 2.00 bits per heavy atom. The van der Waals surface area contributed by atoms with Crippen molar-refractivity contribution < 1.29 is 18.0 Å². The second kappa shape index (κ2) is 7.70. The number of nitrogens with zero attached hydrogens (tertiary/aromatic N) is 1. The number of pyridine rings is 1. The minimum absolute atomic E-state index is 0.113. The summed E-state index contributed by atoms with van der Waals surface area (Å²) in [6.45, 7) is 0.261. The van der Waals surface area contributed by atoms with Crippen molar-refractivity contribution >= 4 is 17.2 Å². The number of rotatable bonds is 5. The van der Waals surface area contributed by atoms with Gasteiger partial charge in [0.05, 0.1) is 17.7 Å². The molecule has 0 aliphatic carbocycles. The highest BCUT2D eigenvalue weighted by atomic mass is 32.1. The van der Waals surface area contributed by atoms with E-state index >= 15 is 0 Å². The SMILES string of the molecule is O=C(Cc1cccc(C(F)(F)F)c1)NCc1cccnc1-c1ccsc1. The zero-order valence-electron chi connectivity index (χ0n) is 13.6. The lowest BCUT2D eigenvalue weighted by Gasteiger charge is -2.10. The summed E-state index contributed by atoms with van der Waals surface area (Å²) in [6.07, 6.45) is -2.85. The summed E-state index contributed by atoms with van der Waals surface area (Å²) in [6, 6.07) is 10.4. The molecule has 3 rings (SSSR count). The molecule has 0 unspecified atom stereocenters. The number of carbonyl (C=O) groups excluding carboxylic acids is 1. The van der Waals surface area contributed by atoms with Crippen LogP contribution in [0.3, 0.4) is 0 Å². The number of halogens is 3. The number of benzene rings is 1. The zero-order valence-corrected chi connectivity index (χ0v) is 14.4. The molecule has 0 spiro atoms. The van der Waals surface area contributed by atoms with Crippen LogP contribution in [0.4, 0.5) is 13.2 Å². The van der Waals surface area contributed by atoms with Crippen molar-refractivity contribution in [3.8, 4) is 11.3 Å². The molecule has 0 aliphatic heterocycles. The van der Waals surface area contributed by atoms with Crippen LogP contribution in [0.2, 0.25) is 0 Å². The minimum Gasteiger partial charge on any atom is -0.352 e. The van der Waals surface area contributed by atoms with Crippen LogP contribution >= 0.6 is 11.3 Å². The van der Waals surface area contributed by atoms with Crippen LogP contribution < -0.4 is 5.32 Å². The summed E-state index contributed by atoms with van der Waals surface area (Å²) in [5.41, 5.74) is 2.17. The third-order valence-electron chi connectivity index (χ3n) is 3.78. The van der Waals surface area contributed by atoms with Gasteiger partial charge in [-0.05, 0) is 34.7 Å². The summed E-state index contributed by atoms with van der Waals surface area (Å²) >= 11 is 1.55. The first-order chi connectivity index (χ1) is 12.4. The van der Waals surface area contributed by atoms with Gasteiger partial charge in [0, 0.05) is 23.7 Å². The summed E-state index contributed by atoms with van der Waals surface area (Å²) < 4.78 is 38.2. The van der Waals surface area contributed by atoms with Crippen molar-refractivity contribution in [3.63, 3.8) is 0 Å². The molecule has 0 saturated carbocycles. The molecule has 0 radical (unpaired) electrons. The first-order valence-corrected chi connectivity index (χ1v) is 8.77. The van der Waals surface area contributed by atoms with Gasteiger partial charge in [0.15, 0.2) is 0 Å². The number of nitrogens with one attached hydrogen (secondary N) is 1. The monoisotopic (exact) mass is 376 g/mol. The molecule has 1 aromatic carbocycles. The maximum Gasteiger partial charge on any atom is 0.416 e. The predicted molar refractivity (Wildman–Crippen MR) is 94.5 cm³/mol. The van der Waals surface area contributed by atoms with E-state index in [1.54, 1.807) is 23.6 Å². The lowest BCUT2D eigenvalue weighted by atomic mass is 10.1. The summed E-state index contributed by atoms with van der Waals surface area (Å²) in [5, 5.41) is 6.66. The van der Waals surface area contributed by atoms with E-state index in [4.69, 9.17) is 0 Å². The molecule has 1 amide bonds. The standard InChI is InChI=1S/C19H15F3N2OS/c20-19(21,22)16-5-1-3-13(9-16)10-17(25)24-11-14-4-2-7-23-18(14)15-6-8-26-12-15/h1-9,12H,10-11H2,(H,24,25). The Kier molecular flexibility index (Phi) is 5.37. The number of alkyl halides is 3. The predicted octanol–water partition coefficient (Wildman–Crippen LogP) is 4.69. The quantitative estimate of drug-likeness (QED) is 0.702. The molecule has 134 valence electrons. The highest BCUT2D eigenvalue weighted by molar-refractivity contribution is 7.08. The third-order valence-corrected chi connectivity index (χ3v) is 4.46. The number of thiophene rings is 1. The Morgan fingerprint density at radius 1 is 1.15 bits per heavy atom. The molecule has 1 N–H and O–H groups in total. The molecule has 3 aromatic rings. The van der Waals surface area contributed by atoms with Crippen molar-refractivity contribution in [1.29, 1.82) is 0 Å². The van der Waals surface area contributed by atoms with Crippen LogP contribution in [0.1, 0.15) is 16.7 Å². The van der Waals surface area contributed by atoms with Crippen molar-refractivity contribution in [1.82, 2.24) is 10.3 Å². The molecule has 3 nitrogen and oxygen atoms in total. The van der Waals surface area contributed by atoms with Crippen LogP contribution in [-0.4, -0.2) is 10.9 Å².